The number of aromatic nitrogens is 7. The van der Waals surface area contributed by atoms with E-state index < -0.39 is 0 Å². The van der Waals surface area contributed by atoms with Gasteiger partial charge in [0, 0.05) is 37.4 Å². The zero-order chi connectivity index (χ0) is 22.9. The molecule has 3 aromatic heterocycles. The summed E-state index contributed by atoms with van der Waals surface area (Å²) in [5.41, 5.74) is 6.77. The first-order valence-corrected chi connectivity index (χ1v) is 10.5. The molecule has 5 aromatic rings. The standard InChI is InChI=1S/C24H22FN7O/c1-4-32-14-26-23-20(11-27-29-24(23)32)15-6-8-21(25)19(10-15)18-7-5-16(9-17(18)13-33-3)22-12-31(2)30-28-22/h5-12,14H,4,13H2,1-3H3. The Morgan fingerprint density at radius 3 is 2.61 bits per heavy atom. The molecule has 2 aromatic carbocycles. The Morgan fingerprint density at radius 2 is 1.85 bits per heavy atom. The van der Waals surface area contributed by atoms with Gasteiger partial charge in [-0.2, -0.15) is 5.10 Å². The summed E-state index contributed by atoms with van der Waals surface area (Å²) in [6.07, 6.45) is 5.25. The van der Waals surface area contributed by atoms with Crippen LogP contribution < -0.4 is 0 Å². The Kier molecular flexibility index (Phi) is 5.39. The van der Waals surface area contributed by atoms with E-state index in [0.717, 1.165) is 45.6 Å². The number of ether oxygens (including phenoxy) is 1. The van der Waals surface area contributed by atoms with Crippen LogP contribution in [0.15, 0.2) is 55.1 Å². The minimum atomic E-state index is -0.319. The van der Waals surface area contributed by atoms with Gasteiger partial charge in [-0.3, -0.25) is 4.68 Å². The van der Waals surface area contributed by atoms with Crippen LogP contribution in [0.2, 0.25) is 0 Å². The lowest BCUT2D eigenvalue weighted by atomic mass is 9.94. The number of hydrogen-bond donors (Lipinski definition) is 0. The van der Waals surface area contributed by atoms with Crippen molar-refractivity contribution in [1.29, 1.82) is 0 Å². The number of halogens is 1. The smallest absolute Gasteiger partial charge is 0.183 e. The molecule has 0 aliphatic heterocycles. The second-order valence-electron chi connectivity index (χ2n) is 7.74. The normalized spacial score (nSPS) is 11.4. The Hall–Kier alpha value is -3.98. The monoisotopic (exact) mass is 443 g/mol. The SMILES string of the molecule is CCn1cnc2c(-c3ccc(F)c(-c4ccc(-c5cn(C)nn5)cc4COC)c3)cnnc21. The predicted molar refractivity (Wildman–Crippen MR) is 123 cm³/mol. The van der Waals surface area contributed by atoms with E-state index in [2.05, 4.69) is 25.5 Å². The minimum Gasteiger partial charge on any atom is -0.380 e. The first-order chi connectivity index (χ1) is 16.1. The lowest BCUT2D eigenvalue weighted by molar-refractivity contribution is 0.185. The van der Waals surface area contributed by atoms with E-state index in [0.29, 0.717) is 17.8 Å². The van der Waals surface area contributed by atoms with Crippen LogP contribution in [0.1, 0.15) is 12.5 Å². The van der Waals surface area contributed by atoms with Gasteiger partial charge in [0.25, 0.3) is 0 Å². The summed E-state index contributed by atoms with van der Waals surface area (Å²) >= 11 is 0. The Balaban J connectivity index is 1.64. The van der Waals surface area contributed by atoms with Crippen molar-refractivity contribution in [2.45, 2.75) is 20.1 Å². The van der Waals surface area contributed by atoms with Gasteiger partial charge >= 0.3 is 0 Å². The molecule has 0 saturated heterocycles. The average Bonchev–Trinajstić information content (AvgIpc) is 3.46. The fourth-order valence-electron chi connectivity index (χ4n) is 3.99. The predicted octanol–water partition coefficient (Wildman–Crippen LogP) is 4.26. The highest BCUT2D eigenvalue weighted by Gasteiger charge is 2.16. The summed E-state index contributed by atoms with van der Waals surface area (Å²) in [5.74, 6) is -0.319. The zero-order valence-electron chi connectivity index (χ0n) is 18.5. The van der Waals surface area contributed by atoms with E-state index in [1.807, 2.05) is 49.0 Å². The third kappa shape index (κ3) is 3.76. The lowest BCUT2D eigenvalue weighted by Crippen LogP contribution is -1.97. The molecule has 8 nitrogen and oxygen atoms in total. The number of fused-ring (bicyclic) bond motifs is 1. The summed E-state index contributed by atoms with van der Waals surface area (Å²) in [6.45, 7) is 3.09. The number of methoxy groups -OCH3 is 1. The molecule has 0 aliphatic carbocycles. The van der Waals surface area contributed by atoms with Gasteiger partial charge < -0.3 is 9.30 Å². The molecule has 0 fully saturated rings. The summed E-state index contributed by atoms with van der Waals surface area (Å²) in [7, 11) is 3.44. The second-order valence-corrected chi connectivity index (χ2v) is 7.74. The third-order valence-corrected chi connectivity index (χ3v) is 5.62. The highest BCUT2D eigenvalue weighted by molar-refractivity contribution is 5.90. The van der Waals surface area contributed by atoms with Crippen molar-refractivity contribution in [3.8, 4) is 33.5 Å². The zero-order valence-corrected chi connectivity index (χ0v) is 18.5. The first kappa shape index (κ1) is 20.9. The number of hydrogen-bond acceptors (Lipinski definition) is 6. The summed E-state index contributed by atoms with van der Waals surface area (Å²) < 4.78 is 24.1. The van der Waals surface area contributed by atoms with Gasteiger partial charge in [0.1, 0.15) is 17.0 Å². The van der Waals surface area contributed by atoms with E-state index >= 15 is 4.39 Å². The Morgan fingerprint density at radius 1 is 1.00 bits per heavy atom. The van der Waals surface area contributed by atoms with Gasteiger partial charge in [-0.05, 0) is 41.8 Å². The van der Waals surface area contributed by atoms with Gasteiger partial charge in [-0.25, -0.2) is 9.37 Å². The van der Waals surface area contributed by atoms with Crippen LogP contribution in [0.25, 0.3) is 44.7 Å². The van der Waals surface area contributed by atoms with Gasteiger partial charge in [-0.15, -0.1) is 10.2 Å². The number of imidazole rings is 1. The Bertz CT molecular complexity index is 1460. The van der Waals surface area contributed by atoms with Gasteiger partial charge in [-0.1, -0.05) is 23.4 Å². The summed E-state index contributed by atoms with van der Waals surface area (Å²) in [4.78, 5) is 4.52. The maximum absolute atomic E-state index is 15.1. The highest BCUT2D eigenvalue weighted by Crippen LogP contribution is 2.34. The van der Waals surface area contributed by atoms with Crippen LogP contribution in [0, 0.1) is 5.82 Å². The largest absolute Gasteiger partial charge is 0.380 e. The molecule has 9 heteroatoms. The van der Waals surface area contributed by atoms with Gasteiger partial charge in [0.05, 0.1) is 25.3 Å². The lowest BCUT2D eigenvalue weighted by Gasteiger charge is -2.13. The molecule has 0 unspecified atom stereocenters. The molecule has 33 heavy (non-hydrogen) atoms. The molecule has 0 amide bonds. The molecule has 0 bridgehead atoms. The van der Waals surface area contributed by atoms with Crippen molar-refractivity contribution in [3.63, 3.8) is 0 Å². The number of nitrogens with zero attached hydrogens (tertiary/aromatic N) is 7. The molecular formula is C24H22FN7O. The third-order valence-electron chi connectivity index (χ3n) is 5.62. The Labute approximate surface area is 189 Å². The number of rotatable bonds is 6. The van der Waals surface area contributed by atoms with Crippen LogP contribution in [0.3, 0.4) is 0 Å². The maximum Gasteiger partial charge on any atom is 0.183 e. The first-order valence-electron chi connectivity index (χ1n) is 10.5. The molecule has 166 valence electrons. The summed E-state index contributed by atoms with van der Waals surface area (Å²) in [5, 5.41) is 16.5. The van der Waals surface area contributed by atoms with Crippen molar-refractivity contribution in [2.24, 2.45) is 7.05 Å². The second kappa shape index (κ2) is 8.51. The molecule has 0 radical (unpaired) electrons. The van der Waals surface area contributed by atoms with E-state index in [4.69, 9.17) is 4.74 Å². The van der Waals surface area contributed by atoms with Crippen molar-refractivity contribution in [1.82, 2.24) is 34.7 Å². The number of aryl methyl sites for hydroxylation is 2. The molecule has 0 saturated carbocycles. The average molecular weight is 443 g/mol. The molecule has 0 N–H and O–H groups in total. The fraction of sp³-hybridized carbons (Fsp3) is 0.208. The van der Waals surface area contributed by atoms with E-state index in [1.54, 1.807) is 30.4 Å². The van der Waals surface area contributed by atoms with Crippen LogP contribution in [-0.4, -0.2) is 41.9 Å². The van der Waals surface area contributed by atoms with E-state index in [-0.39, 0.29) is 5.82 Å². The maximum atomic E-state index is 15.1. The van der Waals surface area contributed by atoms with Crippen molar-refractivity contribution in [3.05, 3.63) is 66.5 Å². The van der Waals surface area contributed by atoms with Gasteiger partial charge in [0.15, 0.2) is 5.65 Å². The van der Waals surface area contributed by atoms with Crippen LogP contribution in [0.5, 0.6) is 0 Å². The fourth-order valence-corrected chi connectivity index (χ4v) is 3.99. The van der Waals surface area contributed by atoms with Crippen LogP contribution >= 0.6 is 0 Å². The number of benzene rings is 2. The molecule has 0 aliphatic rings. The minimum absolute atomic E-state index is 0.319. The molecule has 0 spiro atoms. The quantitative estimate of drug-likeness (QED) is 0.390. The molecule has 0 atom stereocenters. The highest BCUT2D eigenvalue weighted by atomic mass is 19.1. The molecular weight excluding hydrogens is 421 g/mol. The van der Waals surface area contributed by atoms with Crippen molar-refractivity contribution < 1.29 is 9.13 Å². The molecule has 3 heterocycles. The van der Waals surface area contributed by atoms with Crippen molar-refractivity contribution >= 4 is 11.2 Å². The van der Waals surface area contributed by atoms with Crippen LogP contribution in [0.4, 0.5) is 4.39 Å². The van der Waals surface area contributed by atoms with Crippen LogP contribution in [-0.2, 0) is 24.9 Å². The molecule has 5 rings (SSSR count). The van der Waals surface area contributed by atoms with E-state index in [1.165, 1.54) is 6.07 Å². The summed E-state index contributed by atoms with van der Waals surface area (Å²) in [6, 6.07) is 10.8. The van der Waals surface area contributed by atoms with Gasteiger partial charge in [0.2, 0.25) is 0 Å². The van der Waals surface area contributed by atoms with E-state index in [9.17, 15) is 0 Å². The van der Waals surface area contributed by atoms with Crippen molar-refractivity contribution in [2.75, 3.05) is 7.11 Å². The topological polar surface area (TPSA) is 83.5 Å².